The van der Waals surface area contributed by atoms with Gasteiger partial charge in [-0.05, 0) is 23.6 Å². The molecule has 1 N–H and O–H groups in total. The first-order chi connectivity index (χ1) is 12.1. The lowest BCUT2D eigenvalue weighted by Gasteiger charge is -2.55. The average molecular weight is 337 g/mol. The van der Waals surface area contributed by atoms with Crippen molar-refractivity contribution >= 4 is 16.8 Å². The number of benzene rings is 1. The SMILES string of the molecule is C=CC1C[N+]2(C(C)=O)CCC1CC2[C@@H](O)c1ccnc2ccccc12. The second-order valence-corrected chi connectivity index (χ2v) is 7.57. The third kappa shape index (κ3) is 2.43. The van der Waals surface area contributed by atoms with E-state index in [4.69, 9.17) is 0 Å². The summed E-state index contributed by atoms with van der Waals surface area (Å²) in [5, 5.41) is 12.3. The number of pyridine rings is 1. The van der Waals surface area contributed by atoms with Crippen molar-refractivity contribution in [3.63, 3.8) is 0 Å². The summed E-state index contributed by atoms with van der Waals surface area (Å²) in [6.07, 6.45) is 5.00. The number of nitrogens with zero attached hydrogens (tertiary/aromatic N) is 2. The summed E-state index contributed by atoms with van der Waals surface area (Å²) in [4.78, 5) is 17.1. The maximum atomic E-state index is 12.7. The van der Waals surface area contributed by atoms with E-state index in [2.05, 4.69) is 11.6 Å². The Hall–Kier alpha value is -2.04. The van der Waals surface area contributed by atoms with Crippen LogP contribution in [0.15, 0.2) is 49.2 Å². The number of hydrogen-bond acceptors (Lipinski definition) is 3. The predicted octanol–water partition coefficient (Wildman–Crippen LogP) is 3.23. The van der Waals surface area contributed by atoms with Crippen LogP contribution in [0.1, 0.15) is 31.4 Å². The van der Waals surface area contributed by atoms with Gasteiger partial charge in [-0.2, -0.15) is 0 Å². The summed E-state index contributed by atoms with van der Waals surface area (Å²) in [6.45, 7) is 7.25. The van der Waals surface area contributed by atoms with Crippen LogP contribution in [0.5, 0.6) is 0 Å². The topological polar surface area (TPSA) is 50.2 Å². The molecule has 1 amide bonds. The standard InChI is InChI=1S/C21H25N2O2/c1-3-15-13-23(14(2)24)11-9-16(15)12-20(23)21(25)18-8-10-22-19-7-5-4-6-17(18)19/h3-8,10,15-16,20-21,25H,1,9,11-13H2,2H3/q+1/t15?,16?,20?,21-,23?/m0/s1. The van der Waals surface area contributed by atoms with Crippen molar-refractivity contribution < 1.29 is 14.4 Å². The Morgan fingerprint density at radius 3 is 2.96 bits per heavy atom. The van der Waals surface area contributed by atoms with Crippen LogP contribution in [0.2, 0.25) is 0 Å². The van der Waals surface area contributed by atoms with Crippen LogP contribution in [-0.2, 0) is 4.79 Å². The summed E-state index contributed by atoms with van der Waals surface area (Å²) in [7, 11) is 0. The highest BCUT2D eigenvalue weighted by Crippen LogP contribution is 2.47. The molecule has 0 saturated carbocycles. The molecule has 25 heavy (non-hydrogen) atoms. The van der Waals surface area contributed by atoms with E-state index in [1.807, 2.05) is 36.4 Å². The van der Waals surface area contributed by atoms with Crippen LogP contribution in [0.3, 0.4) is 0 Å². The number of amides is 1. The van der Waals surface area contributed by atoms with Gasteiger partial charge in [-0.25, -0.2) is 4.79 Å². The van der Waals surface area contributed by atoms with Crippen molar-refractivity contribution in [1.29, 1.82) is 0 Å². The van der Waals surface area contributed by atoms with Gasteiger partial charge in [-0.3, -0.25) is 9.47 Å². The highest BCUT2D eigenvalue weighted by molar-refractivity contribution is 5.82. The number of aliphatic hydroxyl groups excluding tert-OH is 1. The van der Waals surface area contributed by atoms with Crippen molar-refractivity contribution in [1.82, 2.24) is 4.98 Å². The molecule has 3 fully saturated rings. The maximum Gasteiger partial charge on any atom is 0.310 e. The summed E-state index contributed by atoms with van der Waals surface area (Å²) >= 11 is 0. The zero-order valence-corrected chi connectivity index (χ0v) is 14.6. The van der Waals surface area contributed by atoms with E-state index < -0.39 is 6.10 Å². The Labute approximate surface area is 148 Å². The third-order valence-electron chi connectivity index (χ3n) is 6.52. The van der Waals surface area contributed by atoms with Crippen molar-refractivity contribution in [3.05, 3.63) is 54.7 Å². The summed E-state index contributed by atoms with van der Waals surface area (Å²) in [6, 6.07) is 9.70. The van der Waals surface area contributed by atoms with Gasteiger partial charge in [0.25, 0.3) is 0 Å². The number of aromatic nitrogens is 1. The first-order valence-corrected chi connectivity index (χ1v) is 9.09. The van der Waals surface area contributed by atoms with Crippen LogP contribution in [0, 0.1) is 11.8 Å². The first kappa shape index (κ1) is 16.4. The van der Waals surface area contributed by atoms with Crippen LogP contribution < -0.4 is 0 Å². The second-order valence-electron chi connectivity index (χ2n) is 7.57. The molecule has 3 saturated heterocycles. The molecular formula is C21H25N2O2+. The van der Waals surface area contributed by atoms with Gasteiger partial charge in [0.15, 0.2) is 0 Å². The first-order valence-electron chi connectivity index (χ1n) is 9.09. The summed E-state index contributed by atoms with van der Waals surface area (Å²) < 4.78 is 0.380. The molecule has 4 unspecified atom stereocenters. The number of para-hydroxylation sites is 1. The molecular weight excluding hydrogens is 312 g/mol. The van der Waals surface area contributed by atoms with E-state index in [-0.39, 0.29) is 11.9 Å². The molecule has 3 aliphatic rings. The number of piperidine rings is 3. The van der Waals surface area contributed by atoms with Crippen molar-refractivity contribution in [2.45, 2.75) is 31.9 Å². The predicted molar refractivity (Wildman–Crippen MR) is 97.6 cm³/mol. The highest BCUT2D eigenvalue weighted by atomic mass is 16.3. The van der Waals surface area contributed by atoms with E-state index in [9.17, 15) is 9.90 Å². The molecule has 2 aromatic rings. The number of hydrogen-bond donors (Lipinski definition) is 1. The Balaban J connectivity index is 1.77. The Morgan fingerprint density at radius 2 is 2.20 bits per heavy atom. The minimum Gasteiger partial charge on any atom is -0.382 e. The van der Waals surface area contributed by atoms with Crippen LogP contribution >= 0.6 is 0 Å². The average Bonchev–Trinajstić information content (AvgIpc) is 2.67. The molecule has 4 heterocycles. The van der Waals surface area contributed by atoms with Gasteiger partial charge in [0.2, 0.25) is 0 Å². The normalized spacial score (nSPS) is 32.5. The molecule has 3 aliphatic heterocycles. The number of quaternary nitrogens is 1. The van der Waals surface area contributed by atoms with Gasteiger partial charge in [0.05, 0.1) is 25.5 Å². The van der Waals surface area contributed by atoms with Gasteiger partial charge in [0.1, 0.15) is 12.1 Å². The fourth-order valence-electron chi connectivity index (χ4n) is 5.10. The van der Waals surface area contributed by atoms with Gasteiger partial charge < -0.3 is 5.11 Å². The lowest BCUT2D eigenvalue weighted by atomic mass is 9.71. The summed E-state index contributed by atoms with van der Waals surface area (Å²) in [5.41, 5.74) is 1.77. The maximum absolute atomic E-state index is 12.7. The summed E-state index contributed by atoms with van der Waals surface area (Å²) in [5.74, 6) is 1.05. The number of carbonyl (C=O) groups is 1. The zero-order chi connectivity index (χ0) is 17.6. The molecule has 0 spiro atoms. The van der Waals surface area contributed by atoms with Gasteiger partial charge in [0, 0.05) is 30.3 Å². The van der Waals surface area contributed by atoms with Gasteiger partial charge in [-0.1, -0.05) is 24.3 Å². The number of aliphatic hydroxyl groups is 1. The van der Waals surface area contributed by atoms with E-state index in [1.165, 1.54) is 0 Å². The minimum absolute atomic E-state index is 0.0849. The molecule has 4 nitrogen and oxygen atoms in total. The molecule has 4 heteroatoms. The Bertz CT molecular complexity index is 828. The molecule has 2 bridgehead atoms. The van der Waals surface area contributed by atoms with E-state index in [1.54, 1.807) is 13.1 Å². The zero-order valence-electron chi connectivity index (χ0n) is 14.6. The van der Waals surface area contributed by atoms with Gasteiger partial charge in [-0.15, -0.1) is 6.58 Å². The quantitative estimate of drug-likeness (QED) is 0.691. The largest absolute Gasteiger partial charge is 0.382 e. The number of rotatable bonds is 3. The Morgan fingerprint density at radius 1 is 1.40 bits per heavy atom. The number of fused-ring (bicyclic) bond motifs is 4. The van der Waals surface area contributed by atoms with Crippen molar-refractivity contribution in [2.75, 3.05) is 13.1 Å². The lowest BCUT2D eigenvalue weighted by Crippen LogP contribution is -2.70. The molecule has 1 aromatic heterocycles. The van der Waals surface area contributed by atoms with Crippen molar-refractivity contribution in [3.8, 4) is 0 Å². The molecule has 0 radical (unpaired) electrons. The van der Waals surface area contributed by atoms with E-state index >= 15 is 0 Å². The molecule has 5 rings (SSSR count). The second kappa shape index (κ2) is 6.04. The van der Waals surface area contributed by atoms with Crippen LogP contribution in [0.4, 0.5) is 0 Å². The third-order valence-corrected chi connectivity index (χ3v) is 6.52. The molecule has 130 valence electrons. The van der Waals surface area contributed by atoms with E-state index in [0.29, 0.717) is 16.3 Å². The molecule has 0 aliphatic carbocycles. The lowest BCUT2D eigenvalue weighted by molar-refractivity contribution is -0.904. The Kier molecular flexibility index (Phi) is 3.97. The molecule has 1 aromatic carbocycles. The van der Waals surface area contributed by atoms with Crippen LogP contribution in [0.25, 0.3) is 10.9 Å². The van der Waals surface area contributed by atoms with E-state index in [0.717, 1.165) is 42.4 Å². The fraction of sp³-hybridized carbons (Fsp3) is 0.429. The molecule has 5 atom stereocenters. The van der Waals surface area contributed by atoms with Gasteiger partial charge >= 0.3 is 5.91 Å². The van der Waals surface area contributed by atoms with Crippen LogP contribution in [-0.4, -0.2) is 39.6 Å². The monoisotopic (exact) mass is 337 g/mol. The smallest absolute Gasteiger partial charge is 0.310 e. The number of carbonyl (C=O) groups excluding carboxylic acids is 1. The fourth-order valence-corrected chi connectivity index (χ4v) is 5.10. The van der Waals surface area contributed by atoms with Crippen molar-refractivity contribution in [2.24, 2.45) is 11.8 Å². The highest BCUT2D eigenvalue weighted by Gasteiger charge is 2.56. The minimum atomic E-state index is -0.662.